The fourth-order valence-corrected chi connectivity index (χ4v) is 3.99. The SMILES string of the molecule is Cc1ccccc1C1CCC(NCCCC(=O)c2ccc(F)cc2)CC1. The normalized spacial score (nSPS) is 20.1. The number of hydrogen-bond donors (Lipinski definition) is 1. The second kappa shape index (κ2) is 9.09. The van der Waals surface area contributed by atoms with Gasteiger partial charge < -0.3 is 5.32 Å². The third-order valence-corrected chi connectivity index (χ3v) is 5.54. The number of carbonyl (C=O) groups is 1. The van der Waals surface area contributed by atoms with Crippen LogP contribution in [0.25, 0.3) is 0 Å². The van der Waals surface area contributed by atoms with Gasteiger partial charge in [0.2, 0.25) is 0 Å². The molecule has 1 N–H and O–H groups in total. The topological polar surface area (TPSA) is 29.1 Å². The average Bonchev–Trinajstić information content (AvgIpc) is 2.67. The lowest BCUT2D eigenvalue weighted by molar-refractivity contribution is 0.0979. The molecule has 138 valence electrons. The predicted molar refractivity (Wildman–Crippen MR) is 104 cm³/mol. The monoisotopic (exact) mass is 353 g/mol. The zero-order chi connectivity index (χ0) is 18.4. The Hall–Kier alpha value is -2.00. The van der Waals surface area contributed by atoms with Gasteiger partial charge in [0.1, 0.15) is 5.82 Å². The summed E-state index contributed by atoms with van der Waals surface area (Å²) in [6, 6.07) is 15.1. The maximum absolute atomic E-state index is 12.9. The number of nitrogens with one attached hydrogen (secondary N) is 1. The van der Waals surface area contributed by atoms with Crippen LogP contribution in [0.3, 0.4) is 0 Å². The Bertz CT molecular complexity index is 717. The fourth-order valence-electron chi connectivity index (χ4n) is 3.99. The van der Waals surface area contributed by atoms with E-state index in [0.29, 0.717) is 23.9 Å². The number of rotatable bonds is 7. The smallest absolute Gasteiger partial charge is 0.162 e. The van der Waals surface area contributed by atoms with E-state index in [9.17, 15) is 9.18 Å². The Morgan fingerprint density at radius 1 is 1.04 bits per heavy atom. The predicted octanol–water partition coefficient (Wildman–Crippen LogP) is 5.41. The highest BCUT2D eigenvalue weighted by Gasteiger charge is 2.22. The molecule has 3 heteroatoms. The number of ketones is 1. The van der Waals surface area contributed by atoms with Gasteiger partial charge in [0.15, 0.2) is 5.78 Å². The number of benzene rings is 2. The molecule has 0 aliphatic heterocycles. The molecule has 2 aromatic rings. The first-order chi connectivity index (χ1) is 12.6. The number of Topliss-reactive ketones (excluding diaryl/α,β-unsaturated/α-hetero) is 1. The van der Waals surface area contributed by atoms with Crippen LogP contribution in [0.15, 0.2) is 48.5 Å². The average molecular weight is 353 g/mol. The van der Waals surface area contributed by atoms with E-state index >= 15 is 0 Å². The van der Waals surface area contributed by atoms with E-state index in [1.54, 1.807) is 12.1 Å². The summed E-state index contributed by atoms with van der Waals surface area (Å²) in [5.74, 6) is 0.480. The van der Waals surface area contributed by atoms with Crippen LogP contribution in [-0.4, -0.2) is 18.4 Å². The van der Waals surface area contributed by atoms with Crippen LogP contribution >= 0.6 is 0 Å². The minimum Gasteiger partial charge on any atom is -0.314 e. The summed E-state index contributed by atoms with van der Waals surface area (Å²) in [6.07, 6.45) is 6.20. The molecule has 1 aliphatic carbocycles. The third-order valence-electron chi connectivity index (χ3n) is 5.54. The second-order valence-corrected chi connectivity index (χ2v) is 7.39. The van der Waals surface area contributed by atoms with Gasteiger partial charge in [-0.05, 0) is 86.9 Å². The van der Waals surface area contributed by atoms with E-state index in [2.05, 4.69) is 36.5 Å². The summed E-state index contributed by atoms with van der Waals surface area (Å²) >= 11 is 0. The van der Waals surface area contributed by atoms with E-state index < -0.39 is 0 Å². The van der Waals surface area contributed by atoms with Gasteiger partial charge in [-0.25, -0.2) is 4.39 Å². The van der Waals surface area contributed by atoms with Crippen LogP contribution in [0.1, 0.15) is 65.9 Å². The molecule has 3 rings (SSSR count). The summed E-state index contributed by atoms with van der Waals surface area (Å²) in [5.41, 5.74) is 3.52. The molecule has 0 atom stereocenters. The molecule has 0 aromatic heterocycles. The molecule has 0 amide bonds. The van der Waals surface area contributed by atoms with Crippen molar-refractivity contribution >= 4 is 5.78 Å². The van der Waals surface area contributed by atoms with E-state index in [1.165, 1.54) is 48.9 Å². The first kappa shape index (κ1) is 18.8. The Kier molecular flexibility index (Phi) is 6.56. The molecule has 2 aromatic carbocycles. The van der Waals surface area contributed by atoms with Crippen LogP contribution in [0.5, 0.6) is 0 Å². The van der Waals surface area contributed by atoms with Crippen LogP contribution in [0.4, 0.5) is 4.39 Å². The van der Waals surface area contributed by atoms with Crippen molar-refractivity contribution in [3.05, 3.63) is 71.0 Å². The highest BCUT2D eigenvalue weighted by molar-refractivity contribution is 5.95. The number of aryl methyl sites for hydroxylation is 1. The third kappa shape index (κ3) is 5.01. The lowest BCUT2D eigenvalue weighted by Crippen LogP contribution is -2.33. The summed E-state index contributed by atoms with van der Waals surface area (Å²) in [4.78, 5) is 12.1. The second-order valence-electron chi connectivity index (χ2n) is 7.39. The molecule has 0 spiro atoms. The maximum Gasteiger partial charge on any atom is 0.162 e. The van der Waals surface area contributed by atoms with Crippen LogP contribution in [0, 0.1) is 12.7 Å². The Labute approximate surface area is 155 Å². The summed E-state index contributed by atoms with van der Waals surface area (Å²) in [6.45, 7) is 3.07. The van der Waals surface area contributed by atoms with Crippen LogP contribution < -0.4 is 5.32 Å². The highest BCUT2D eigenvalue weighted by Crippen LogP contribution is 2.34. The zero-order valence-corrected chi connectivity index (χ0v) is 15.5. The minimum absolute atomic E-state index is 0.0926. The molecule has 26 heavy (non-hydrogen) atoms. The lowest BCUT2D eigenvalue weighted by atomic mass is 9.80. The Morgan fingerprint density at radius 2 is 1.73 bits per heavy atom. The first-order valence-electron chi connectivity index (χ1n) is 9.71. The Balaban J connectivity index is 1.36. The molecular weight excluding hydrogens is 325 g/mol. The minimum atomic E-state index is -0.301. The van der Waals surface area contributed by atoms with Gasteiger partial charge in [-0.1, -0.05) is 24.3 Å². The zero-order valence-electron chi connectivity index (χ0n) is 15.5. The maximum atomic E-state index is 12.9. The molecular formula is C23H28FNO. The Morgan fingerprint density at radius 3 is 2.42 bits per heavy atom. The molecule has 0 heterocycles. The summed E-state index contributed by atoms with van der Waals surface area (Å²) in [7, 11) is 0. The van der Waals surface area contributed by atoms with Crippen molar-refractivity contribution < 1.29 is 9.18 Å². The molecule has 1 aliphatic rings. The molecule has 0 radical (unpaired) electrons. The van der Waals surface area contributed by atoms with E-state index in [-0.39, 0.29) is 11.6 Å². The standard InChI is InChI=1S/C23H28FNO/c1-17-5-2-3-6-22(17)18-10-14-21(15-11-18)25-16-4-7-23(26)19-8-12-20(24)13-9-19/h2-3,5-6,8-9,12-13,18,21,25H,4,7,10-11,14-16H2,1H3. The van der Waals surface area contributed by atoms with Crippen molar-refractivity contribution in [3.63, 3.8) is 0 Å². The number of carbonyl (C=O) groups excluding carboxylic acids is 1. The van der Waals surface area contributed by atoms with Crippen molar-refractivity contribution in [1.82, 2.24) is 5.32 Å². The van der Waals surface area contributed by atoms with E-state index in [1.807, 2.05) is 0 Å². The van der Waals surface area contributed by atoms with Crippen LogP contribution in [-0.2, 0) is 0 Å². The highest BCUT2D eigenvalue weighted by atomic mass is 19.1. The lowest BCUT2D eigenvalue weighted by Gasteiger charge is -2.30. The van der Waals surface area contributed by atoms with Gasteiger partial charge in [0.05, 0.1) is 0 Å². The van der Waals surface area contributed by atoms with Gasteiger partial charge >= 0.3 is 0 Å². The van der Waals surface area contributed by atoms with Crippen molar-refractivity contribution in [2.24, 2.45) is 0 Å². The van der Waals surface area contributed by atoms with Gasteiger partial charge in [-0.15, -0.1) is 0 Å². The van der Waals surface area contributed by atoms with Gasteiger partial charge in [0.25, 0.3) is 0 Å². The number of halogens is 1. The first-order valence-corrected chi connectivity index (χ1v) is 9.71. The van der Waals surface area contributed by atoms with Crippen molar-refractivity contribution in [1.29, 1.82) is 0 Å². The molecule has 1 saturated carbocycles. The van der Waals surface area contributed by atoms with Gasteiger partial charge in [-0.2, -0.15) is 0 Å². The van der Waals surface area contributed by atoms with E-state index in [0.717, 1.165) is 13.0 Å². The van der Waals surface area contributed by atoms with Crippen molar-refractivity contribution in [3.8, 4) is 0 Å². The number of hydrogen-bond acceptors (Lipinski definition) is 2. The fraction of sp³-hybridized carbons (Fsp3) is 0.435. The summed E-state index contributed by atoms with van der Waals surface area (Å²) < 4.78 is 12.9. The van der Waals surface area contributed by atoms with Gasteiger partial charge in [0, 0.05) is 18.0 Å². The summed E-state index contributed by atoms with van der Waals surface area (Å²) in [5, 5.41) is 3.61. The molecule has 0 bridgehead atoms. The molecule has 0 unspecified atom stereocenters. The quantitative estimate of drug-likeness (QED) is 0.532. The largest absolute Gasteiger partial charge is 0.314 e. The van der Waals surface area contributed by atoms with Gasteiger partial charge in [-0.3, -0.25) is 4.79 Å². The molecule has 1 fully saturated rings. The molecule has 0 saturated heterocycles. The van der Waals surface area contributed by atoms with Crippen molar-refractivity contribution in [2.75, 3.05) is 6.54 Å². The van der Waals surface area contributed by atoms with E-state index in [4.69, 9.17) is 0 Å². The molecule has 2 nitrogen and oxygen atoms in total. The van der Waals surface area contributed by atoms with Crippen molar-refractivity contribution in [2.45, 2.75) is 57.4 Å². The van der Waals surface area contributed by atoms with Crippen LogP contribution in [0.2, 0.25) is 0 Å².